The van der Waals surface area contributed by atoms with Crippen molar-refractivity contribution in [3.63, 3.8) is 0 Å². The Morgan fingerprint density at radius 2 is 2.08 bits per heavy atom. The minimum absolute atomic E-state index is 0.183. The van der Waals surface area contributed by atoms with Crippen LogP contribution >= 0.6 is 0 Å². The molecule has 0 amide bonds. The van der Waals surface area contributed by atoms with Gasteiger partial charge in [0.05, 0.1) is 6.61 Å². The van der Waals surface area contributed by atoms with Crippen LogP contribution in [0, 0.1) is 5.92 Å². The van der Waals surface area contributed by atoms with E-state index in [2.05, 4.69) is 55.6 Å². The quantitative estimate of drug-likeness (QED) is 0.371. The van der Waals surface area contributed by atoms with E-state index >= 15 is 0 Å². The molecule has 204 valence electrons. The third-order valence-corrected chi connectivity index (χ3v) is 8.72. The highest BCUT2D eigenvalue weighted by Gasteiger charge is 2.38. The number of phenolic OH excluding ortho intramolecular Hbond substituents is 1. The normalized spacial score (nSPS) is 23.7. The van der Waals surface area contributed by atoms with Gasteiger partial charge in [0, 0.05) is 35.2 Å². The minimum Gasteiger partial charge on any atom is -0.508 e. The zero-order valence-electron chi connectivity index (χ0n) is 23.2. The summed E-state index contributed by atoms with van der Waals surface area (Å²) in [4.78, 5) is 4.88. The van der Waals surface area contributed by atoms with Gasteiger partial charge in [-0.3, -0.25) is 0 Å². The molecule has 2 aliphatic carbocycles. The van der Waals surface area contributed by atoms with Crippen molar-refractivity contribution in [1.82, 2.24) is 5.32 Å². The van der Waals surface area contributed by atoms with Gasteiger partial charge in [0.25, 0.3) is 0 Å². The predicted octanol–water partition coefficient (Wildman–Crippen LogP) is 7.73. The first kappa shape index (κ1) is 25.8. The molecule has 5 nitrogen and oxygen atoms in total. The van der Waals surface area contributed by atoms with E-state index in [1.807, 2.05) is 18.2 Å². The summed E-state index contributed by atoms with van der Waals surface area (Å²) in [6.45, 7) is 5.13. The van der Waals surface area contributed by atoms with Gasteiger partial charge in [-0.25, -0.2) is 4.99 Å². The number of fused-ring (bicyclic) bond motifs is 4. The number of hydrogen-bond donors (Lipinski definition) is 2. The summed E-state index contributed by atoms with van der Waals surface area (Å²) in [5.41, 5.74) is 7.13. The van der Waals surface area contributed by atoms with Crippen LogP contribution in [-0.4, -0.2) is 23.7 Å². The molecular weight excluding hydrogens is 484 g/mol. The first-order chi connectivity index (χ1) is 19.1. The molecule has 0 aromatic heterocycles. The Bertz CT molecular complexity index is 1340. The van der Waals surface area contributed by atoms with Gasteiger partial charge in [-0.05, 0) is 60.4 Å². The fourth-order valence-corrected chi connectivity index (χ4v) is 6.31. The molecule has 6 rings (SSSR count). The van der Waals surface area contributed by atoms with Crippen LogP contribution in [0.5, 0.6) is 11.5 Å². The number of nitrogens with one attached hydrogen (secondary N) is 1. The molecule has 2 N–H and O–H groups in total. The van der Waals surface area contributed by atoms with E-state index in [-0.39, 0.29) is 11.9 Å². The second-order valence-electron chi connectivity index (χ2n) is 11.3. The lowest BCUT2D eigenvalue weighted by atomic mass is 9.80. The maximum Gasteiger partial charge on any atom is 0.213 e. The number of aromatic hydroxyl groups is 1. The maximum atomic E-state index is 10.6. The van der Waals surface area contributed by atoms with Crippen molar-refractivity contribution >= 4 is 12.0 Å². The van der Waals surface area contributed by atoms with Gasteiger partial charge in [0.1, 0.15) is 17.6 Å². The first-order valence-electron chi connectivity index (χ1n) is 14.8. The van der Waals surface area contributed by atoms with Crippen molar-refractivity contribution in [3.8, 4) is 11.5 Å². The second-order valence-corrected chi connectivity index (χ2v) is 11.3. The highest BCUT2D eigenvalue weighted by atomic mass is 16.5. The van der Waals surface area contributed by atoms with Crippen molar-refractivity contribution in [2.24, 2.45) is 10.9 Å². The molecule has 2 aromatic rings. The summed E-state index contributed by atoms with van der Waals surface area (Å²) >= 11 is 0. The molecule has 0 radical (unpaired) electrons. The zero-order valence-corrected chi connectivity index (χ0v) is 23.2. The minimum atomic E-state index is -0.401. The third-order valence-electron chi connectivity index (χ3n) is 8.72. The molecule has 0 bridgehead atoms. The fraction of sp³-hybridized carbons (Fsp3) is 0.441. The van der Waals surface area contributed by atoms with Crippen molar-refractivity contribution in [3.05, 3.63) is 88.2 Å². The molecular formula is C34H40N2O3. The topological polar surface area (TPSA) is 63.1 Å². The number of aryl methyl sites for hydroxylation is 1. The highest BCUT2D eigenvalue weighted by Crippen LogP contribution is 2.48. The molecule has 2 heterocycles. The van der Waals surface area contributed by atoms with Crippen LogP contribution in [-0.2, 0) is 11.2 Å². The van der Waals surface area contributed by atoms with E-state index < -0.39 is 6.17 Å². The monoisotopic (exact) mass is 524 g/mol. The van der Waals surface area contributed by atoms with Crippen LogP contribution < -0.4 is 10.1 Å². The van der Waals surface area contributed by atoms with E-state index in [0.717, 1.165) is 49.1 Å². The molecule has 4 unspecified atom stereocenters. The summed E-state index contributed by atoms with van der Waals surface area (Å²) in [7, 11) is 0. The lowest BCUT2D eigenvalue weighted by Crippen LogP contribution is -2.30. The number of rotatable bonds is 8. The molecule has 2 aromatic carbocycles. The Labute approximate surface area is 232 Å². The fourth-order valence-electron chi connectivity index (χ4n) is 6.31. The van der Waals surface area contributed by atoms with Crippen LogP contribution in [0.4, 0.5) is 0 Å². The first-order valence-corrected chi connectivity index (χ1v) is 14.8. The average Bonchev–Trinajstić information content (AvgIpc) is 3.32. The summed E-state index contributed by atoms with van der Waals surface area (Å²) in [6, 6.07) is 12.1. The molecule has 39 heavy (non-hydrogen) atoms. The van der Waals surface area contributed by atoms with E-state index in [0.29, 0.717) is 24.3 Å². The number of ether oxygens (including phenoxy) is 2. The van der Waals surface area contributed by atoms with Crippen LogP contribution in [0.2, 0.25) is 0 Å². The highest BCUT2D eigenvalue weighted by molar-refractivity contribution is 5.90. The van der Waals surface area contributed by atoms with Crippen LogP contribution in [0.3, 0.4) is 0 Å². The smallest absolute Gasteiger partial charge is 0.213 e. The van der Waals surface area contributed by atoms with Crippen LogP contribution in [0.25, 0.3) is 6.08 Å². The molecule has 4 aliphatic rings. The third kappa shape index (κ3) is 5.36. The molecule has 0 saturated heterocycles. The van der Waals surface area contributed by atoms with Gasteiger partial charge in [-0.2, -0.15) is 0 Å². The summed E-state index contributed by atoms with van der Waals surface area (Å²) in [5.74, 6) is 2.78. The molecule has 5 heteroatoms. The lowest BCUT2D eigenvalue weighted by Gasteiger charge is -2.30. The Hall–Kier alpha value is -3.47. The largest absolute Gasteiger partial charge is 0.508 e. The molecule has 2 aliphatic heterocycles. The SMILES string of the molecule is CCCCC(CC)COC1=NC(c2ccccc2O)NC(C2=CCC3Oc4cc5c(cc4C3C2)CCC=C5)=C1. The Morgan fingerprint density at radius 1 is 1.18 bits per heavy atom. The van der Waals surface area contributed by atoms with Gasteiger partial charge >= 0.3 is 0 Å². The molecule has 0 saturated carbocycles. The summed E-state index contributed by atoms with van der Waals surface area (Å²) in [6.07, 6.45) is 17.3. The van der Waals surface area contributed by atoms with Gasteiger partial charge in [-0.1, -0.05) is 75.6 Å². The molecule has 4 atom stereocenters. The predicted molar refractivity (Wildman–Crippen MR) is 157 cm³/mol. The van der Waals surface area contributed by atoms with E-state index in [4.69, 9.17) is 14.5 Å². The van der Waals surface area contributed by atoms with E-state index in [9.17, 15) is 5.11 Å². The van der Waals surface area contributed by atoms with Gasteiger partial charge in [0.2, 0.25) is 5.90 Å². The van der Waals surface area contributed by atoms with E-state index in [1.54, 1.807) is 6.07 Å². The standard InChI is InChI=1S/C34H40N2O3/c1-3-5-10-22(4-2)21-38-33-20-29(35-34(36-33)26-13-8-9-14-30(26)37)25-15-16-31-27(18-25)28-17-23-11-6-7-12-24(23)19-32(28)39-31/h7-9,12-15,17,19-20,22,27,31,34-35,37H,3-6,10-11,16,18,21H2,1-2H3. The Balaban J connectivity index is 1.26. The van der Waals surface area contributed by atoms with Crippen molar-refractivity contribution < 1.29 is 14.6 Å². The maximum absolute atomic E-state index is 10.6. The number of allylic oxidation sites excluding steroid dienone is 2. The van der Waals surface area contributed by atoms with Crippen LogP contribution in [0.15, 0.2) is 70.9 Å². The number of phenols is 1. The average molecular weight is 525 g/mol. The van der Waals surface area contributed by atoms with Gasteiger partial charge in [0.15, 0.2) is 6.17 Å². The van der Waals surface area contributed by atoms with Crippen LogP contribution in [0.1, 0.15) is 93.1 Å². The van der Waals surface area contributed by atoms with Gasteiger partial charge < -0.3 is 19.9 Å². The number of unbranched alkanes of at least 4 members (excludes halogenated alkanes) is 1. The number of aliphatic imine (C=N–C) groups is 1. The summed E-state index contributed by atoms with van der Waals surface area (Å²) < 4.78 is 12.8. The Morgan fingerprint density at radius 3 is 2.92 bits per heavy atom. The van der Waals surface area contributed by atoms with Crippen molar-refractivity contribution in [2.75, 3.05) is 6.61 Å². The second kappa shape index (κ2) is 11.3. The molecule has 0 fully saturated rings. The summed E-state index contributed by atoms with van der Waals surface area (Å²) in [5, 5.41) is 14.2. The lowest BCUT2D eigenvalue weighted by molar-refractivity contribution is 0.201. The van der Waals surface area contributed by atoms with E-state index in [1.165, 1.54) is 41.5 Å². The number of para-hydroxylation sites is 1. The number of benzene rings is 2. The Kier molecular flexibility index (Phi) is 7.49. The number of nitrogens with zero attached hydrogens (tertiary/aromatic N) is 1. The van der Waals surface area contributed by atoms with Gasteiger partial charge in [-0.15, -0.1) is 0 Å². The molecule has 0 spiro atoms. The number of hydrogen-bond acceptors (Lipinski definition) is 5. The van der Waals surface area contributed by atoms with Crippen molar-refractivity contribution in [1.29, 1.82) is 0 Å². The zero-order chi connectivity index (χ0) is 26.8. The van der Waals surface area contributed by atoms with Crippen molar-refractivity contribution in [2.45, 2.75) is 83.4 Å².